The van der Waals surface area contributed by atoms with E-state index >= 15 is 0 Å². The van der Waals surface area contributed by atoms with Gasteiger partial charge in [-0.15, -0.1) is 0 Å². The van der Waals surface area contributed by atoms with Crippen LogP contribution in [0.5, 0.6) is 0 Å². The molecule has 0 bridgehead atoms. The van der Waals surface area contributed by atoms with Gasteiger partial charge in [-0.1, -0.05) is 0 Å². The van der Waals surface area contributed by atoms with Gasteiger partial charge in [-0.2, -0.15) is 16.8 Å². The van der Waals surface area contributed by atoms with Crippen molar-refractivity contribution in [1.29, 1.82) is 0 Å². The van der Waals surface area contributed by atoms with Crippen molar-refractivity contribution >= 4 is 55.2 Å². The fraction of sp³-hybridized carbons (Fsp3) is 0.667. The minimum atomic E-state index is -4.46. The third kappa shape index (κ3) is 11.1. The predicted molar refractivity (Wildman–Crippen MR) is 57.8 cm³/mol. The first-order valence-electron chi connectivity index (χ1n) is 4.05. The van der Waals surface area contributed by atoms with E-state index in [0.29, 0.717) is 0 Å². The molecule has 0 rings (SSSR count). The van der Waals surface area contributed by atoms with Gasteiger partial charge >= 0.3 is 23.1 Å². The van der Waals surface area contributed by atoms with E-state index in [2.05, 4.69) is 0 Å². The second-order valence-electron chi connectivity index (χ2n) is 2.95. The van der Waals surface area contributed by atoms with Gasteiger partial charge in [-0.25, -0.2) is 0 Å². The smallest absolute Gasteiger partial charge is 0.549 e. The number of aliphatic carboxylic acids is 2. The van der Waals surface area contributed by atoms with Crippen LogP contribution in [-0.4, -0.2) is 71.4 Å². The first kappa shape index (κ1) is 23.6. The van der Waals surface area contributed by atoms with E-state index in [9.17, 15) is 36.6 Å². The van der Waals surface area contributed by atoms with Crippen LogP contribution in [0.2, 0.25) is 0 Å². The normalized spacial score (nSPS) is 14.1. The van der Waals surface area contributed by atoms with E-state index in [1.807, 2.05) is 0 Å². The van der Waals surface area contributed by atoms with Gasteiger partial charge in [0.1, 0.15) is 10.5 Å². The zero-order valence-corrected chi connectivity index (χ0v) is 12.9. The van der Waals surface area contributed by atoms with Crippen LogP contribution in [-0.2, 0) is 29.8 Å². The molecule has 0 aliphatic carbocycles. The Kier molecular flexibility index (Phi) is 10.7. The molecule has 0 aromatic rings. The number of hydrogen-bond donors (Lipinski definition) is 2. The van der Waals surface area contributed by atoms with Gasteiger partial charge in [-0.05, 0) is 13.8 Å². The van der Waals surface area contributed by atoms with Crippen LogP contribution in [0.1, 0.15) is 13.8 Å². The fourth-order valence-corrected chi connectivity index (χ4v) is 0.730. The molecule has 19 heavy (non-hydrogen) atoms. The van der Waals surface area contributed by atoms with Crippen LogP contribution >= 0.6 is 0 Å². The molecular weight excluding hydrogens is 320 g/mol. The quantitative estimate of drug-likeness (QED) is 0.376. The molecule has 0 saturated carbocycles. The summed E-state index contributed by atoms with van der Waals surface area (Å²) >= 11 is 0. The summed E-state index contributed by atoms with van der Waals surface area (Å²) < 4.78 is 55.6. The third-order valence-electron chi connectivity index (χ3n) is 1.56. The molecule has 0 saturated heterocycles. The minimum absolute atomic E-state index is 0. The molecule has 0 aliphatic heterocycles. The maximum absolute atomic E-state index is 9.91. The van der Waals surface area contributed by atoms with E-state index < -0.39 is 42.7 Å². The van der Waals surface area contributed by atoms with Crippen LogP contribution in [0, 0.1) is 0 Å². The number of carbonyl (C=O) groups excluding carboxylic acids is 2. The van der Waals surface area contributed by atoms with Gasteiger partial charge < -0.3 is 19.8 Å². The van der Waals surface area contributed by atoms with E-state index in [4.69, 9.17) is 9.11 Å². The second-order valence-corrected chi connectivity index (χ2v) is 6.43. The van der Waals surface area contributed by atoms with Crippen LogP contribution in [0.15, 0.2) is 0 Å². The molecule has 2 unspecified atom stereocenters. The average molecular weight is 331 g/mol. The number of carboxylic acids is 2. The summed E-state index contributed by atoms with van der Waals surface area (Å²) in [6.45, 7) is 1.65. The average Bonchev–Trinajstić information content (AvgIpc) is 2.13. The first-order chi connectivity index (χ1) is 7.71. The van der Waals surface area contributed by atoms with Crippen LogP contribution in [0.3, 0.4) is 0 Å². The molecule has 108 valence electrons. The SMILES string of the molecule is CC(C(=O)[O-])S(=O)(=O)O.CC(C(=O)[O-])S(=O)(=O)O.[Mg+2]. The Morgan fingerprint density at radius 1 is 0.842 bits per heavy atom. The van der Waals surface area contributed by atoms with Crippen molar-refractivity contribution in [2.75, 3.05) is 0 Å². The monoisotopic (exact) mass is 330 g/mol. The largest absolute Gasteiger partial charge is 2.00 e. The Morgan fingerprint density at radius 2 is 1.00 bits per heavy atom. The Labute approximate surface area is 125 Å². The molecule has 0 radical (unpaired) electrons. The zero-order chi connectivity index (χ0) is 15.3. The maximum Gasteiger partial charge on any atom is 2.00 e. The molecule has 0 fully saturated rings. The summed E-state index contributed by atoms with van der Waals surface area (Å²) in [6.07, 6.45) is 0. The Bertz CT molecular complexity index is 458. The second kappa shape index (κ2) is 8.65. The predicted octanol–water partition coefficient (Wildman–Crippen LogP) is -4.36. The Balaban J connectivity index is -0.000000256. The van der Waals surface area contributed by atoms with Crippen molar-refractivity contribution in [2.45, 2.75) is 24.3 Å². The molecule has 2 atom stereocenters. The molecule has 13 heteroatoms. The Hall–Kier alpha value is -0.474. The molecule has 0 aromatic heterocycles. The van der Waals surface area contributed by atoms with Crippen LogP contribution in [0.25, 0.3) is 0 Å². The van der Waals surface area contributed by atoms with Gasteiger partial charge in [-0.3, -0.25) is 9.11 Å². The van der Waals surface area contributed by atoms with Crippen molar-refractivity contribution in [3.63, 3.8) is 0 Å². The summed E-state index contributed by atoms with van der Waals surface area (Å²) in [6, 6.07) is 0. The van der Waals surface area contributed by atoms with Gasteiger partial charge in [0.15, 0.2) is 0 Å². The van der Waals surface area contributed by atoms with E-state index in [-0.39, 0.29) is 23.1 Å². The van der Waals surface area contributed by atoms with Gasteiger partial charge in [0.25, 0.3) is 20.2 Å². The van der Waals surface area contributed by atoms with Crippen molar-refractivity contribution in [2.24, 2.45) is 0 Å². The minimum Gasteiger partial charge on any atom is -0.549 e. The molecule has 0 amide bonds. The Morgan fingerprint density at radius 3 is 1.00 bits per heavy atom. The van der Waals surface area contributed by atoms with Crippen LogP contribution in [0.4, 0.5) is 0 Å². The fourth-order valence-electron chi connectivity index (χ4n) is 0.243. The van der Waals surface area contributed by atoms with Crippen molar-refractivity contribution < 1.29 is 45.7 Å². The van der Waals surface area contributed by atoms with E-state index in [0.717, 1.165) is 13.8 Å². The number of rotatable bonds is 4. The summed E-state index contributed by atoms with van der Waals surface area (Å²) in [5, 5.41) is 15.7. The zero-order valence-electron chi connectivity index (χ0n) is 9.84. The molecule has 0 heterocycles. The van der Waals surface area contributed by atoms with Crippen molar-refractivity contribution in [3.8, 4) is 0 Å². The number of carboxylic acid groups (broad SMARTS) is 2. The summed E-state index contributed by atoms with van der Waals surface area (Å²) in [5.74, 6) is -3.62. The molecule has 2 N–H and O–H groups in total. The third-order valence-corrected chi connectivity index (χ3v) is 3.73. The van der Waals surface area contributed by atoms with Gasteiger partial charge in [0.2, 0.25) is 0 Å². The molecule has 10 nitrogen and oxygen atoms in total. The van der Waals surface area contributed by atoms with E-state index in [1.54, 1.807) is 0 Å². The molecule has 0 aromatic carbocycles. The first-order valence-corrected chi connectivity index (χ1v) is 7.06. The van der Waals surface area contributed by atoms with E-state index in [1.165, 1.54) is 0 Å². The van der Waals surface area contributed by atoms with Crippen LogP contribution < -0.4 is 10.2 Å². The van der Waals surface area contributed by atoms with Gasteiger partial charge in [0.05, 0.1) is 11.9 Å². The maximum atomic E-state index is 9.91. The number of carbonyl (C=O) groups is 2. The standard InChI is InChI=1S/2C3H6O5S.Mg/c2*1-2(3(4)5)9(6,7)8;/h2*2H,1H3,(H,4,5)(H,6,7,8);/q;;+2/p-2. The molecular formula is C6H10MgO10S2. The van der Waals surface area contributed by atoms with Crippen molar-refractivity contribution in [3.05, 3.63) is 0 Å². The molecule has 0 spiro atoms. The topological polar surface area (TPSA) is 189 Å². The summed E-state index contributed by atoms with van der Waals surface area (Å²) in [5.41, 5.74) is 0. The summed E-state index contributed by atoms with van der Waals surface area (Å²) in [4.78, 5) is 19.4. The molecule has 0 aliphatic rings. The van der Waals surface area contributed by atoms with Crippen molar-refractivity contribution in [1.82, 2.24) is 0 Å². The van der Waals surface area contributed by atoms with Gasteiger partial charge in [0, 0.05) is 0 Å². The summed E-state index contributed by atoms with van der Waals surface area (Å²) in [7, 11) is -8.93. The number of hydrogen-bond acceptors (Lipinski definition) is 8.